The average Bonchev–Trinajstić information content (AvgIpc) is 2.81. The first-order valence-electron chi connectivity index (χ1n) is 10.3. The Morgan fingerprint density at radius 2 is 1.64 bits per heavy atom. The van der Waals surface area contributed by atoms with E-state index in [4.69, 9.17) is 21.1 Å². The molecule has 33 heavy (non-hydrogen) atoms. The average molecular weight is 478 g/mol. The molecule has 10 heteroatoms. The van der Waals surface area contributed by atoms with Crippen molar-refractivity contribution in [2.45, 2.75) is 6.54 Å². The molecule has 0 unspecified atom stereocenters. The van der Waals surface area contributed by atoms with Crippen LogP contribution in [0.4, 0.5) is 10.1 Å². The van der Waals surface area contributed by atoms with E-state index in [-0.39, 0.29) is 35.1 Å². The Morgan fingerprint density at radius 3 is 2.27 bits per heavy atom. The topological polar surface area (TPSA) is 88.2 Å². The lowest BCUT2D eigenvalue weighted by Crippen LogP contribution is -2.48. The zero-order chi connectivity index (χ0) is 24.0. The molecule has 0 saturated carbocycles. The minimum absolute atomic E-state index is 0.119. The number of rotatable bonds is 7. The molecule has 8 nitrogen and oxygen atoms in total. The normalized spacial score (nSPS) is 14.5. The lowest BCUT2D eigenvalue weighted by Gasteiger charge is -2.34. The molecule has 1 aliphatic rings. The number of anilines is 1. The molecule has 1 N–H and O–H groups in total. The Bertz CT molecular complexity index is 1040. The van der Waals surface area contributed by atoms with Gasteiger partial charge in [0.25, 0.3) is 0 Å². The van der Waals surface area contributed by atoms with E-state index in [0.717, 1.165) is 5.56 Å². The highest BCUT2D eigenvalue weighted by molar-refractivity contribution is 6.31. The van der Waals surface area contributed by atoms with E-state index in [1.54, 1.807) is 6.07 Å². The van der Waals surface area contributed by atoms with Crippen molar-refractivity contribution in [3.05, 3.63) is 63.9 Å². The van der Waals surface area contributed by atoms with E-state index < -0.39 is 11.9 Å². The van der Waals surface area contributed by atoms with Gasteiger partial charge in [0.1, 0.15) is 5.82 Å². The zero-order valence-corrected chi connectivity index (χ0v) is 19.2. The first kappa shape index (κ1) is 24.6. The van der Waals surface area contributed by atoms with Crippen molar-refractivity contribution < 1.29 is 28.2 Å². The van der Waals surface area contributed by atoms with Crippen molar-refractivity contribution >= 4 is 35.1 Å². The minimum atomic E-state index is -0.630. The fourth-order valence-electron chi connectivity index (χ4n) is 3.57. The quantitative estimate of drug-likeness (QED) is 0.613. The van der Waals surface area contributed by atoms with E-state index in [2.05, 4.69) is 10.2 Å². The zero-order valence-electron chi connectivity index (χ0n) is 18.4. The largest absolute Gasteiger partial charge is 0.465 e. The molecule has 1 amide bonds. The van der Waals surface area contributed by atoms with Gasteiger partial charge < -0.3 is 14.8 Å². The maximum atomic E-state index is 13.2. The van der Waals surface area contributed by atoms with E-state index in [0.29, 0.717) is 37.7 Å². The summed E-state index contributed by atoms with van der Waals surface area (Å²) in [5.41, 5.74) is 1.37. The number of nitrogens with one attached hydrogen (secondary N) is 1. The summed E-state index contributed by atoms with van der Waals surface area (Å²) in [6.07, 6.45) is 0. The van der Waals surface area contributed by atoms with Crippen LogP contribution in [0, 0.1) is 5.82 Å². The highest BCUT2D eigenvalue weighted by Crippen LogP contribution is 2.21. The monoisotopic (exact) mass is 477 g/mol. The fraction of sp³-hybridized carbons (Fsp3) is 0.348. The molecule has 3 rings (SSSR count). The second-order valence-corrected chi connectivity index (χ2v) is 7.99. The lowest BCUT2D eigenvalue weighted by atomic mass is 10.1. The Kier molecular flexibility index (Phi) is 8.37. The Balaban J connectivity index is 1.58. The highest BCUT2D eigenvalue weighted by Gasteiger charge is 2.22. The van der Waals surface area contributed by atoms with Gasteiger partial charge in [-0.15, -0.1) is 0 Å². The summed E-state index contributed by atoms with van der Waals surface area (Å²) in [6.45, 7) is 3.45. The Labute approximate surface area is 196 Å². The molecule has 1 saturated heterocycles. The summed E-state index contributed by atoms with van der Waals surface area (Å²) in [4.78, 5) is 40.7. The number of halogens is 2. The molecule has 1 aliphatic heterocycles. The summed E-state index contributed by atoms with van der Waals surface area (Å²) in [7, 11) is 2.49. The van der Waals surface area contributed by atoms with E-state index in [9.17, 15) is 18.8 Å². The standard InChI is InChI=1S/C23H25ClFN3O5/c1-32-22(30)15-4-6-18(23(31)33-2)20(11-15)26-21(29)14-28-9-7-27(8-10-28)13-16-3-5-17(25)12-19(16)24/h3-6,11-12H,7-10,13-14H2,1-2H3,(H,26,29). The predicted octanol–water partition coefficient (Wildman–Crippen LogP) is 2.81. The third-order valence-corrected chi connectivity index (χ3v) is 5.71. The van der Waals surface area contributed by atoms with Crippen LogP contribution in [0.25, 0.3) is 0 Å². The van der Waals surface area contributed by atoms with Gasteiger partial charge >= 0.3 is 11.9 Å². The van der Waals surface area contributed by atoms with Gasteiger partial charge in [0, 0.05) is 37.7 Å². The number of carbonyl (C=O) groups is 3. The van der Waals surface area contributed by atoms with Crippen LogP contribution in [0.2, 0.25) is 5.02 Å². The number of nitrogens with zero attached hydrogens (tertiary/aromatic N) is 2. The fourth-order valence-corrected chi connectivity index (χ4v) is 3.80. The number of carbonyl (C=O) groups excluding carboxylic acids is 3. The van der Waals surface area contributed by atoms with Crippen molar-refractivity contribution in [2.24, 2.45) is 0 Å². The van der Waals surface area contributed by atoms with Crippen molar-refractivity contribution in [1.29, 1.82) is 0 Å². The van der Waals surface area contributed by atoms with Gasteiger partial charge in [-0.3, -0.25) is 14.6 Å². The molecular weight excluding hydrogens is 453 g/mol. The molecule has 2 aromatic carbocycles. The first-order valence-corrected chi connectivity index (χ1v) is 10.7. The maximum Gasteiger partial charge on any atom is 0.339 e. The van der Waals surface area contributed by atoms with Crippen LogP contribution in [-0.2, 0) is 20.8 Å². The number of ether oxygens (including phenoxy) is 2. The maximum absolute atomic E-state index is 13.2. The lowest BCUT2D eigenvalue weighted by molar-refractivity contribution is -0.117. The van der Waals surface area contributed by atoms with Gasteiger partial charge in [-0.2, -0.15) is 0 Å². The molecule has 0 spiro atoms. The molecule has 0 aliphatic carbocycles. The van der Waals surface area contributed by atoms with Crippen LogP contribution in [0.3, 0.4) is 0 Å². The first-order chi connectivity index (χ1) is 15.8. The van der Waals surface area contributed by atoms with Crippen molar-refractivity contribution in [2.75, 3.05) is 52.3 Å². The predicted molar refractivity (Wildman–Crippen MR) is 121 cm³/mol. The second-order valence-electron chi connectivity index (χ2n) is 7.58. The van der Waals surface area contributed by atoms with Crippen LogP contribution in [-0.4, -0.2) is 74.6 Å². The molecule has 0 aromatic heterocycles. The Morgan fingerprint density at radius 1 is 0.970 bits per heavy atom. The summed E-state index contributed by atoms with van der Waals surface area (Å²) < 4.78 is 22.7. The van der Waals surface area contributed by atoms with E-state index >= 15 is 0 Å². The van der Waals surface area contributed by atoms with Gasteiger partial charge in [-0.05, 0) is 35.9 Å². The van der Waals surface area contributed by atoms with Crippen molar-refractivity contribution in [1.82, 2.24) is 9.80 Å². The van der Waals surface area contributed by atoms with E-state index in [1.807, 2.05) is 4.90 Å². The summed E-state index contributed by atoms with van der Waals surface area (Å²) >= 11 is 6.12. The van der Waals surface area contributed by atoms with Gasteiger partial charge in [0.15, 0.2) is 0 Å². The summed E-state index contributed by atoms with van der Waals surface area (Å²) in [5, 5.41) is 3.10. The molecule has 176 valence electrons. The van der Waals surface area contributed by atoms with Gasteiger partial charge in [-0.1, -0.05) is 17.7 Å². The third kappa shape index (κ3) is 6.50. The van der Waals surface area contributed by atoms with Gasteiger partial charge in [-0.25, -0.2) is 14.0 Å². The van der Waals surface area contributed by atoms with Crippen LogP contribution in [0.1, 0.15) is 26.3 Å². The number of hydrogen-bond acceptors (Lipinski definition) is 7. The smallest absolute Gasteiger partial charge is 0.339 e. The minimum Gasteiger partial charge on any atom is -0.465 e. The van der Waals surface area contributed by atoms with Crippen molar-refractivity contribution in [3.63, 3.8) is 0 Å². The molecular formula is C23H25ClFN3O5. The number of esters is 2. The molecule has 1 heterocycles. The van der Waals surface area contributed by atoms with Crippen molar-refractivity contribution in [3.8, 4) is 0 Å². The number of methoxy groups -OCH3 is 2. The number of hydrogen-bond donors (Lipinski definition) is 1. The number of piperazine rings is 1. The molecule has 1 fully saturated rings. The van der Waals surface area contributed by atoms with Crippen LogP contribution < -0.4 is 5.32 Å². The van der Waals surface area contributed by atoms with Crippen LogP contribution in [0.5, 0.6) is 0 Å². The number of benzene rings is 2. The molecule has 2 aromatic rings. The van der Waals surface area contributed by atoms with Crippen LogP contribution in [0.15, 0.2) is 36.4 Å². The molecule has 0 radical (unpaired) electrons. The number of amides is 1. The second kappa shape index (κ2) is 11.2. The highest BCUT2D eigenvalue weighted by atomic mass is 35.5. The van der Waals surface area contributed by atoms with Crippen LogP contribution >= 0.6 is 11.6 Å². The SMILES string of the molecule is COC(=O)c1ccc(C(=O)OC)c(NC(=O)CN2CCN(Cc3ccc(F)cc3Cl)CC2)c1. The Hall–Kier alpha value is -3.01. The summed E-state index contributed by atoms with van der Waals surface area (Å²) in [6, 6.07) is 8.60. The van der Waals surface area contributed by atoms with Gasteiger partial charge in [0.2, 0.25) is 5.91 Å². The van der Waals surface area contributed by atoms with Gasteiger partial charge in [0.05, 0.1) is 37.6 Å². The third-order valence-electron chi connectivity index (χ3n) is 5.36. The molecule has 0 atom stereocenters. The molecule has 0 bridgehead atoms. The summed E-state index contributed by atoms with van der Waals surface area (Å²) in [5.74, 6) is -1.90. The van der Waals surface area contributed by atoms with E-state index in [1.165, 1.54) is 44.6 Å².